The monoisotopic (exact) mass is 396 g/mol. The van der Waals surface area contributed by atoms with E-state index in [-0.39, 0.29) is 0 Å². The molecule has 1 heterocycles. The molecule has 0 saturated heterocycles. The molecule has 5 heteroatoms. The topological polar surface area (TPSA) is 35.0 Å². The Morgan fingerprint density at radius 1 is 1.04 bits per heavy atom. The van der Waals surface area contributed by atoms with Crippen molar-refractivity contribution in [2.24, 2.45) is 0 Å². The van der Waals surface area contributed by atoms with E-state index in [9.17, 15) is 0 Å². The van der Waals surface area contributed by atoms with Crippen LogP contribution in [0.3, 0.4) is 0 Å². The van der Waals surface area contributed by atoms with E-state index in [2.05, 4.69) is 13.0 Å². The summed E-state index contributed by atoms with van der Waals surface area (Å²) in [5.41, 5.74) is 4.54. The first kappa shape index (κ1) is 18.3. The zero-order chi connectivity index (χ0) is 18.6. The smallest absolute Gasteiger partial charge is 0.226 e. The lowest BCUT2D eigenvalue weighted by atomic mass is 9.97. The standard InChI is InChI=1S/C22H21ClN2OS/c1-15-7-6-9-17(13-15)26-21-18-10-3-5-12-20(18)24-22(25-21)27-14-16-8-2-4-11-19(16)23/h2,4,6-9,11,13H,3,5,10,12,14H2,1H3. The van der Waals surface area contributed by atoms with Crippen molar-refractivity contribution in [3.63, 3.8) is 0 Å². The van der Waals surface area contributed by atoms with E-state index in [1.54, 1.807) is 11.8 Å². The summed E-state index contributed by atoms with van der Waals surface area (Å²) in [4.78, 5) is 9.55. The number of hydrogen-bond donors (Lipinski definition) is 0. The molecule has 138 valence electrons. The molecular weight excluding hydrogens is 376 g/mol. The Hall–Kier alpha value is -2.04. The minimum atomic E-state index is 0.701. The van der Waals surface area contributed by atoms with Gasteiger partial charge in [0, 0.05) is 16.3 Å². The first-order valence-corrected chi connectivity index (χ1v) is 10.6. The fourth-order valence-electron chi connectivity index (χ4n) is 3.24. The van der Waals surface area contributed by atoms with Crippen molar-refractivity contribution in [3.05, 3.63) is 75.9 Å². The van der Waals surface area contributed by atoms with Crippen molar-refractivity contribution in [1.82, 2.24) is 9.97 Å². The maximum atomic E-state index is 6.28. The number of benzene rings is 2. The second-order valence-corrected chi connectivity index (χ2v) is 8.09. The second kappa shape index (κ2) is 8.32. The van der Waals surface area contributed by atoms with Gasteiger partial charge in [-0.1, -0.05) is 53.7 Å². The van der Waals surface area contributed by atoms with E-state index < -0.39 is 0 Å². The Kier molecular flexibility index (Phi) is 5.65. The lowest BCUT2D eigenvalue weighted by molar-refractivity contribution is 0.439. The van der Waals surface area contributed by atoms with Crippen LogP contribution in [0, 0.1) is 6.92 Å². The van der Waals surface area contributed by atoms with Crippen molar-refractivity contribution in [2.75, 3.05) is 0 Å². The van der Waals surface area contributed by atoms with Crippen LogP contribution in [0.15, 0.2) is 53.7 Å². The molecule has 0 unspecified atom stereocenters. The average Bonchev–Trinajstić information content (AvgIpc) is 2.67. The number of halogens is 1. The highest BCUT2D eigenvalue weighted by atomic mass is 35.5. The van der Waals surface area contributed by atoms with Gasteiger partial charge in [-0.15, -0.1) is 0 Å². The fraction of sp³-hybridized carbons (Fsp3) is 0.273. The molecule has 0 aliphatic heterocycles. The van der Waals surface area contributed by atoms with Crippen LogP contribution in [-0.4, -0.2) is 9.97 Å². The van der Waals surface area contributed by atoms with Crippen molar-refractivity contribution < 1.29 is 4.74 Å². The number of nitrogens with zero attached hydrogens (tertiary/aromatic N) is 2. The van der Waals surface area contributed by atoms with E-state index in [0.29, 0.717) is 5.88 Å². The second-order valence-electron chi connectivity index (χ2n) is 6.74. The van der Waals surface area contributed by atoms with E-state index in [1.165, 1.54) is 12.0 Å². The molecule has 0 amide bonds. The quantitative estimate of drug-likeness (QED) is 0.369. The molecule has 1 aliphatic rings. The zero-order valence-corrected chi connectivity index (χ0v) is 16.8. The van der Waals surface area contributed by atoms with Crippen molar-refractivity contribution in [3.8, 4) is 11.6 Å². The van der Waals surface area contributed by atoms with Crippen LogP contribution in [0.4, 0.5) is 0 Å². The van der Waals surface area contributed by atoms with Crippen molar-refractivity contribution in [2.45, 2.75) is 43.5 Å². The van der Waals surface area contributed by atoms with Crippen molar-refractivity contribution in [1.29, 1.82) is 0 Å². The highest BCUT2D eigenvalue weighted by Gasteiger charge is 2.20. The van der Waals surface area contributed by atoms with Gasteiger partial charge in [-0.05, 0) is 61.9 Å². The van der Waals surface area contributed by atoms with E-state index in [0.717, 1.165) is 57.8 Å². The summed E-state index contributed by atoms with van der Waals surface area (Å²) in [5.74, 6) is 2.26. The third-order valence-electron chi connectivity index (χ3n) is 4.64. The molecule has 4 rings (SSSR count). The molecule has 0 radical (unpaired) electrons. The van der Waals surface area contributed by atoms with Gasteiger partial charge in [0.05, 0.1) is 5.69 Å². The van der Waals surface area contributed by atoms with Crippen LogP contribution < -0.4 is 4.74 Å². The number of hydrogen-bond acceptors (Lipinski definition) is 4. The molecule has 1 aromatic heterocycles. The average molecular weight is 397 g/mol. The van der Waals surface area contributed by atoms with Crippen molar-refractivity contribution >= 4 is 23.4 Å². The first-order chi connectivity index (χ1) is 13.2. The number of aryl methyl sites for hydroxylation is 2. The number of aromatic nitrogens is 2. The Bertz CT molecular complexity index is 961. The first-order valence-electron chi connectivity index (χ1n) is 9.19. The summed E-state index contributed by atoms with van der Waals surface area (Å²) in [7, 11) is 0. The van der Waals surface area contributed by atoms with Gasteiger partial charge in [0.2, 0.25) is 5.88 Å². The van der Waals surface area contributed by atoms with Gasteiger partial charge >= 0.3 is 0 Å². The molecule has 0 fully saturated rings. The lowest BCUT2D eigenvalue weighted by Crippen LogP contribution is -2.10. The minimum Gasteiger partial charge on any atom is -0.439 e. The molecule has 27 heavy (non-hydrogen) atoms. The largest absolute Gasteiger partial charge is 0.439 e. The fourth-order valence-corrected chi connectivity index (χ4v) is 4.38. The van der Waals surface area contributed by atoms with Gasteiger partial charge in [0.25, 0.3) is 0 Å². The van der Waals surface area contributed by atoms with E-state index >= 15 is 0 Å². The molecular formula is C22H21ClN2OS. The van der Waals surface area contributed by atoms with Crippen LogP contribution in [-0.2, 0) is 18.6 Å². The third-order valence-corrected chi connectivity index (χ3v) is 5.91. The summed E-state index contributed by atoms with van der Waals surface area (Å²) < 4.78 is 6.18. The van der Waals surface area contributed by atoms with Crippen LogP contribution in [0.25, 0.3) is 0 Å². The molecule has 0 atom stereocenters. The third kappa shape index (κ3) is 4.45. The van der Waals surface area contributed by atoms with Gasteiger partial charge in [0.1, 0.15) is 5.75 Å². The predicted octanol–water partition coefficient (Wildman–Crippen LogP) is 6.40. The molecule has 2 aromatic carbocycles. The van der Waals surface area contributed by atoms with Crippen LogP contribution in [0.1, 0.15) is 35.2 Å². The van der Waals surface area contributed by atoms with Gasteiger partial charge in [-0.3, -0.25) is 0 Å². The highest BCUT2D eigenvalue weighted by Crippen LogP contribution is 2.33. The molecule has 0 N–H and O–H groups in total. The number of ether oxygens (including phenoxy) is 1. The van der Waals surface area contributed by atoms with Gasteiger partial charge in [-0.25, -0.2) is 4.98 Å². The molecule has 0 spiro atoms. The Balaban J connectivity index is 1.61. The molecule has 0 saturated carbocycles. The van der Waals surface area contributed by atoms with Gasteiger partial charge in [-0.2, -0.15) is 4.98 Å². The van der Waals surface area contributed by atoms with Crippen LogP contribution >= 0.6 is 23.4 Å². The van der Waals surface area contributed by atoms with E-state index in [4.69, 9.17) is 26.3 Å². The minimum absolute atomic E-state index is 0.701. The molecule has 3 nitrogen and oxygen atoms in total. The Labute approximate surface area is 169 Å². The van der Waals surface area contributed by atoms with E-state index in [1.807, 2.05) is 42.5 Å². The highest BCUT2D eigenvalue weighted by molar-refractivity contribution is 7.98. The Morgan fingerprint density at radius 3 is 2.74 bits per heavy atom. The Morgan fingerprint density at radius 2 is 1.89 bits per heavy atom. The van der Waals surface area contributed by atoms with Gasteiger partial charge in [0.15, 0.2) is 5.16 Å². The number of thioether (sulfide) groups is 1. The summed E-state index contributed by atoms with van der Waals surface area (Å²) in [6, 6.07) is 16.0. The summed E-state index contributed by atoms with van der Waals surface area (Å²) >= 11 is 7.88. The summed E-state index contributed by atoms with van der Waals surface area (Å²) in [6.45, 7) is 2.06. The molecule has 3 aromatic rings. The van der Waals surface area contributed by atoms with Crippen LogP contribution in [0.5, 0.6) is 11.6 Å². The number of fused-ring (bicyclic) bond motifs is 1. The SMILES string of the molecule is Cc1cccc(Oc2nc(SCc3ccccc3Cl)nc3c2CCCC3)c1. The zero-order valence-electron chi connectivity index (χ0n) is 15.2. The maximum Gasteiger partial charge on any atom is 0.226 e. The van der Waals surface area contributed by atoms with Gasteiger partial charge < -0.3 is 4.74 Å². The molecule has 1 aliphatic carbocycles. The molecule has 0 bridgehead atoms. The number of rotatable bonds is 5. The van der Waals surface area contributed by atoms with Crippen LogP contribution in [0.2, 0.25) is 5.02 Å². The summed E-state index contributed by atoms with van der Waals surface area (Å²) in [6.07, 6.45) is 4.29. The lowest BCUT2D eigenvalue weighted by Gasteiger charge is -2.19. The maximum absolute atomic E-state index is 6.28. The predicted molar refractivity (Wildman–Crippen MR) is 111 cm³/mol. The normalized spacial score (nSPS) is 13.3. The summed E-state index contributed by atoms with van der Waals surface area (Å²) in [5, 5.41) is 1.53.